The Bertz CT molecular complexity index is 468. The molecule has 0 atom stereocenters. The Balaban J connectivity index is 2.31. The van der Waals surface area contributed by atoms with Gasteiger partial charge in [0.25, 0.3) is 5.82 Å². The molecular weight excluding hydrogens is 312 g/mol. The fourth-order valence-electron chi connectivity index (χ4n) is 3.43. The molecule has 0 bridgehead atoms. The molecule has 0 fully saturated rings. The Hall–Kier alpha value is -1.32. The van der Waals surface area contributed by atoms with Crippen molar-refractivity contribution in [3.8, 4) is 0 Å². The van der Waals surface area contributed by atoms with Gasteiger partial charge in [-0.2, -0.15) is 0 Å². The number of carbonyl (C=O) groups is 1. The molecule has 1 heterocycles. The van der Waals surface area contributed by atoms with Crippen molar-refractivity contribution in [1.29, 1.82) is 0 Å². The molecule has 1 N–H and O–H groups in total. The third kappa shape index (κ3) is 9.66. The number of carboxylic acid groups (broad SMARTS) is 1. The summed E-state index contributed by atoms with van der Waals surface area (Å²) in [5.74, 6) is 0.671. The molecule has 0 aliphatic carbocycles. The van der Waals surface area contributed by atoms with E-state index in [1.165, 1.54) is 63.6 Å². The number of unbranched alkanes of at least 4 members (excludes halogenated alkanes) is 8. The first kappa shape index (κ1) is 21.7. The van der Waals surface area contributed by atoms with Gasteiger partial charge < -0.3 is 5.11 Å². The first-order chi connectivity index (χ1) is 12.2. The molecule has 0 radical (unpaired) electrons. The molecule has 144 valence electrons. The Morgan fingerprint density at radius 1 is 0.960 bits per heavy atom. The third-order valence-electron chi connectivity index (χ3n) is 4.85. The number of aliphatic carboxylic acids is 1. The van der Waals surface area contributed by atoms with E-state index in [1.807, 2.05) is 0 Å². The second-order valence-corrected chi connectivity index (χ2v) is 7.18. The van der Waals surface area contributed by atoms with Gasteiger partial charge in [0.05, 0.1) is 13.1 Å². The molecule has 1 aromatic heterocycles. The summed E-state index contributed by atoms with van der Waals surface area (Å²) in [6.45, 7) is 6.34. The van der Waals surface area contributed by atoms with Gasteiger partial charge in [-0.25, -0.2) is 9.13 Å². The van der Waals surface area contributed by atoms with E-state index >= 15 is 0 Å². The number of aromatic nitrogens is 2. The van der Waals surface area contributed by atoms with Crippen LogP contribution < -0.4 is 4.57 Å². The zero-order valence-electron chi connectivity index (χ0n) is 16.5. The van der Waals surface area contributed by atoms with E-state index in [0.717, 1.165) is 25.9 Å². The van der Waals surface area contributed by atoms with E-state index in [4.69, 9.17) is 5.11 Å². The van der Waals surface area contributed by atoms with E-state index in [9.17, 15) is 4.79 Å². The SMILES string of the molecule is CCCCCCCCCCCc1n(CCCC(=O)O)cc[n+]1CCC. The van der Waals surface area contributed by atoms with Crippen molar-refractivity contribution in [2.24, 2.45) is 0 Å². The number of hydrogen-bond acceptors (Lipinski definition) is 1. The highest BCUT2D eigenvalue weighted by molar-refractivity contribution is 5.66. The number of hydrogen-bond donors (Lipinski definition) is 1. The van der Waals surface area contributed by atoms with Gasteiger partial charge in [-0.3, -0.25) is 4.79 Å². The lowest BCUT2D eigenvalue weighted by molar-refractivity contribution is -0.703. The molecule has 0 spiro atoms. The molecule has 0 aliphatic rings. The fourth-order valence-corrected chi connectivity index (χ4v) is 3.43. The van der Waals surface area contributed by atoms with Gasteiger partial charge in [-0.15, -0.1) is 0 Å². The Kier molecular flexibility index (Phi) is 12.1. The number of aryl methyl sites for hydroxylation is 2. The average molecular weight is 352 g/mol. The Morgan fingerprint density at radius 3 is 2.20 bits per heavy atom. The quantitative estimate of drug-likeness (QED) is 0.332. The third-order valence-corrected chi connectivity index (χ3v) is 4.85. The average Bonchev–Trinajstić information content (AvgIpc) is 2.95. The van der Waals surface area contributed by atoms with Crippen LogP contribution in [0.1, 0.15) is 96.7 Å². The van der Waals surface area contributed by atoms with Crippen LogP contribution in [0.2, 0.25) is 0 Å². The molecule has 1 aromatic rings. The number of nitrogens with zero attached hydrogens (tertiary/aromatic N) is 2. The second kappa shape index (κ2) is 13.9. The van der Waals surface area contributed by atoms with Crippen molar-refractivity contribution in [3.63, 3.8) is 0 Å². The largest absolute Gasteiger partial charge is 0.481 e. The molecule has 25 heavy (non-hydrogen) atoms. The van der Waals surface area contributed by atoms with Crippen LogP contribution in [-0.4, -0.2) is 15.6 Å². The van der Waals surface area contributed by atoms with Gasteiger partial charge in [0.1, 0.15) is 12.4 Å². The van der Waals surface area contributed by atoms with Crippen molar-refractivity contribution in [2.45, 2.75) is 110 Å². The first-order valence-electron chi connectivity index (χ1n) is 10.5. The first-order valence-corrected chi connectivity index (χ1v) is 10.5. The minimum absolute atomic E-state index is 0.253. The van der Waals surface area contributed by atoms with Gasteiger partial charge in [0.2, 0.25) is 0 Å². The van der Waals surface area contributed by atoms with E-state index < -0.39 is 5.97 Å². The van der Waals surface area contributed by atoms with Crippen molar-refractivity contribution >= 4 is 5.97 Å². The van der Waals surface area contributed by atoms with E-state index in [2.05, 4.69) is 35.4 Å². The fraction of sp³-hybridized carbons (Fsp3) is 0.810. The molecule has 0 unspecified atom stereocenters. The monoisotopic (exact) mass is 351 g/mol. The molecular formula is C21H39N2O2+. The summed E-state index contributed by atoms with van der Waals surface area (Å²) in [6.07, 6.45) is 19.7. The lowest BCUT2D eigenvalue weighted by atomic mass is 10.1. The van der Waals surface area contributed by atoms with Crippen molar-refractivity contribution in [2.75, 3.05) is 0 Å². The van der Waals surface area contributed by atoms with E-state index in [-0.39, 0.29) is 6.42 Å². The van der Waals surface area contributed by atoms with Gasteiger partial charge in [0, 0.05) is 12.8 Å². The van der Waals surface area contributed by atoms with Crippen LogP contribution in [0.3, 0.4) is 0 Å². The van der Waals surface area contributed by atoms with Crippen LogP contribution in [0.5, 0.6) is 0 Å². The molecule has 0 saturated heterocycles. The summed E-state index contributed by atoms with van der Waals surface area (Å²) in [5.41, 5.74) is 0. The zero-order valence-corrected chi connectivity index (χ0v) is 16.5. The highest BCUT2D eigenvalue weighted by atomic mass is 16.4. The minimum atomic E-state index is -0.700. The molecule has 4 nitrogen and oxygen atoms in total. The molecule has 0 amide bonds. The number of imidazole rings is 1. The topological polar surface area (TPSA) is 46.1 Å². The van der Waals surface area contributed by atoms with Crippen molar-refractivity contribution in [1.82, 2.24) is 4.57 Å². The predicted octanol–water partition coefficient (Wildman–Crippen LogP) is 5.12. The Labute approximate surface area is 154 Å². The molecule has 0 saturated carbocycles. The Morgan fingerprint density at radius 2 is 1.60 bits per heavy atom. The predicted molar refractivity (Wildman–Crippen MR) is 103 cm³/mol. The summed E-state index contributed by atoms with van der Waals surface area (Å²) in [7, 11) is 0. The number of rotatable bonds is 16. The molecule has 4 heteroatoms. The van der Waals surface area contributed by atoms with E-state index in [1.54, 1.807) is 0 Å². The van der Waals surface area contributed by atoms with Crippen molar-refractivity contribution < 1.29 is 14.5 Å². The van der Waals surface area contributed by atoms with Gasteiger partial charge in [-0.1, -0.05) is 65.2 Å². The highest BCUT2D eigenvalue weighted by Gasteiger charge is 2.16. The van der Waals surface area contributed by atoms with Crippen LogP contribution in [0.4, 0.5) is 0 Å². The lowest BCUT2D eigenvalue weighted by Gasteiger charge is -2.05. The lowest BCUT2D eigenvalue weighted by Crippen LogP contribution is -2.37. The van der Waals surface area contributed by atoms with E-state index in [0.29, 0.717) is 6.42 Å². The normalized spacial score (nSPS) is 11.1. The summed E-state index contributed by atoms with van der Waals surface area (Å²) in [6, 6.07) is 0. The van der Waals surface area contributed by atoms with Crippen LogP contribution in [-0.2, 0) is 24.3 Å². The maximum Gasteiger partial charge on any atom is 0.303 e. The van der Waals surface area contributed by atoms with Crippen molar-refractivity contribution in [3.05, 3.63) is 18.2 Å². The zero-order chi connectivity index (χ0) is 18.3. The van der Waals surface area contributed by atoms with Crippen LogP contribution in [0.15, 0.2) is 12.4 Å². The number of carboxylic acids is 1. The maximum atomic E-state index is 10.7. The van der Waals surface area contributed by atoms with Gasteiger partial charge >= 0.3 is 5.97 Å². The summed E-state index contributed by atoms with van der Waals surface area (Å²) in [4.78, 5) is 10.7. The van der Waals surface area contributed by atoms with Crippen LogP contribution >= 0.6 is 0 Å². The summed E-state index contributed by atoms with van der Waals surface area (Å²) in [5, 5.41) is 8.83. The summed E-state index contributed by atoms with van der Waals surface area (Å²) >= 11 is 0. The maximum absolute atomic E-state index is 10.7. The second-order valence-electron chi connectivity index (χ2n) is 7.18. The highest BCUT2D eigenvalue weighted by Crippen LogP contribution is 2.11. The van der Waals surface area contributed by atoms with Gasteiger partial charge in [0.15, 0.2) is 0 Å². The van der Waals surface area contributed by atoms with Gasteiger partial charge in [-0.05, 0) is 19.3 Å². The minimum Gasteiger partial charge on any atom is -0.481 e. The summed E-state index contributed by atoms with van der Waals surface area (Å²) < 4.78 is 4.62. The molecule has 0 aliphatic heterocycles. The smallest absolute Gasteiger partial charge is 0.303 e. The standard InChI is InChI=1S/C21H38N2O2/c1-3-5-6-7-8-9-10-11-12-14-20-22(16-4-2)18-19-23(20)17-13-15-21(24)25/h18-19H,3-17H2,1-2H3/p+1. The van der Waals surface area contributed by atoms with Crippen LogP contribution in [0, 0.1) is 0 Å². The molecule has 0 aromatic carbocycles. The molecule has 1 rings (SSSR count). The van der Waals surface area contributed by atoms with Crippen LogP contribution in [0.25, 0.3) is 0 Å².